The van der Waals surface area contributed by atoms with Gasteiger partial charge in [0.25, 0.3) is 15.8 Å². The van der Waals surface area contributed by atoms with Crippen LogP contribution in [0.15, 0.2) is 88.2 Å². The third-order valence-corrected chi connectivity index (χ3v) is 5.32. The lowest BCUT2D eigenvalue weighted by molar-refractivity contribution is -0.212. The van der Waals surface area contributed by atoms with Crippen molar-refractivity contribution >= 4 is 21.7 Å². The molecule has 6 heteroatoms. The summed E-state index contributed by atoms with van der Waals surface area (Å²) in [6.45, 7) is 1.82. The lowest BCUT2D eigenvalue weighted by atomic mass is 9.98. The molecule has 0 unspecified atom stereocenters. The molecule has 140 valence electrons. The number of benzene rings is 3. The Morgan fingerprint density at radius 2 is 1.43 bits per heavy atom. The molecule has 0 aliphatic rings. The van der Waals surface area contributed by atoms with Gasteiger partial charge in [0.2, 0.25) is 0 Å². The highest BCUT2D eigenvalue weighted by Gasteiger charge is 2.20. The zero-order valence-corrected chi connectivity index (χ0v) is 15.9. The Balaban J connectivity index is 1.94. The van der Waals surface area contributed by atoms with Crippen molar-refractivity contribution in [1.29, 1.82) is 0 Å². The normalized spacial score (nSPS) is 11.8. The van der Waals surface area contributed by atoms with E-state index in [2.05, 4.69) is 4.40 Å². The first-order valence-electron chi connectivity index (χ1n) is 8.49. The van der Waals surface area contributed by atoms with Crippen LogP contribution >= 0.6 is 0 Å². The number of aryl methyl sites for hydroxylation is 1. The Morgan fingerprint density at radius 1 is 0.857 bits per heavy atom. The molecule has 0 saturated heterocycles. The Morgan fingerprint density at radius 3 is 2.07 bits per heavy atom. The largest absolute Gasteiger partial charge is 0.857 e. The number of carbonyl (C=O) groups is 1. The molecule has 0 spiro atoms. The van der Waals surface area contributed by atoms with E-state index in [1.54, 1.807) is 48.5 Å². The fourth-order valence-corrected chi connectivity index (χ4v) is 3.49. The van der Waals surface area contributed by atoms with Crippen LogP contribution in [-0.2, 0) is 10.0 Å². The highest BCUT2D eigenvalue weighted by atomic mass is 32.2. The molecule has 5 nitrogen and oxygen atoms in total. The van der Waals surface area contributed by atoms with Crippen molar-refractivity contribution in [1.82, 2.24) is 0 Å². The predicted molar refractivity (Wildman–Crippen MR) is 106 cm³/mol. The number of rotatable bonds is 6. The predicted octanol–water partition coefficient (Wildman–Crippen LogP) is 2.93. The maximum Gasteiger partial charge on any atom is 0.281 e. The van der Waals surface area contributed by atoms with E-state index in [9.17, 15) is 18.3 Å². The van der Waals surface area contributed by atoms with Crippen LogP contribution in [0.1, 0.15) is 27.0 Å². The molecule has 0 amide bonds. The number of hydrogen-bond donors (Lipinski definition) is 0. The van der Waals surface area contributed by atoms with Crippen LogP contribution in [0, 0.1) is 13.3 Å². The molecule has 0 N–H and O–H groups in total. The van der Waals surface area contributed by atoms with Crippen molar-refractivity contribution in [2.75, 3.05) is 0 Å². The van der Waals surface area contributed by atoms with E-state index < -0.39 is 21.7 Å². The van der Waals surface area contributed by atoms with Gasteiger partial charge in [-0.1, -0.05) is 29.8 Å². The topological polar surface area (TPSA) is 86.6 Å². The van der Waals surface area contributed by atoms with E-state index in [-0.39, 0.29) is 16.0 Å². The van der Waals surface area contributed by atoms with E-state index in [1.165, 1.54) is 30.7 Å². The summed E-state index contributed by atoms with van der Waals surface area (Å²) in [6, 6.07) is 21.0. The van der Waals surface area contributed by atoms with Crippen LogP contribution < -0.4 is 5.11 Å². The second-order valence-corrected chi connectivity index (χ2v) is 7.75. The molecule has 0 aromatic heterocycles. The third-order valence-electron chi connectivity index (χ3n) is 4.04. The Bertz CT molecular complexity index is 1120. The minimum Gasteiger partial charge on any atom is -0.857 e. The van der Waals surface area contributed by atoms with Crippen molar-refractivity contribution in [3.05, 3.63) is 108 Å². The molecular formula is C22H17NO4S. The SMILES string of the molecule is Cc1ccc(S(=O)(=O)N=C([O-])c2ccccc2C(=O)[CH+]c2ccccc2)cc1. The summed E-state index contributed by atoms with van der Waals surface area (Å²) in [5.74, 6) is -1.39. The lowest BCUT2D eigenvalue weighted by Gasteiger charge is -2.12. The maximum atomic E-state index is 12.6. The highest BCUT2D eigenvalue weighted by molar-refractivity contribution is 7.90. The van der Waals surface area contributed by atoms with Gasteiger partial charge in [-0.3, -0.25) is 4.79 Å². The molecular weight excluding hydrogens is 374 g/mol. The number of Topliss-reactive ketones (excluding diaryl/α,β-unsaturated/α-hetero) is 1. The second kappa shape index (κ2) is 8.10. The average Bonchev–Trinajstić information content (AvgIpc) is 2.68. The molecule has 0 heterocycles. The van der Waals surface area contributed by atoms with Crippen LogP contribution in [0.3, 0.4) is 0 Å². The van der Waals surface area contributed by atoms with Gasteiger partial charge < -0.3 is 5.11 Å². The summed E-state index contributed by atoms with van der Waals surface area (Å²) in [6.07, 6.45) is 1.39. The average molecular weight is 391 g/mol. The van der Waals surface area contributed by atoms with Crippen molar-refractivity contribution in [3.63, 3.8) is 0 Å². The minimum absolute atomic E-state index is 0.0598. The van der Waals surface area contributed by atoms with Gasteiger partial charge >= 0.3 is 0 Å². The van der Waals surface area contributed by atoms with Gasteiger partial charge in [0.05, 0.1) is 22.4 Å². The molecule has 0 aliphatic carbocycles. The monoisotopic (exact) mass is 391 g/mol. The Kier molecular flexibility index (Phi) is 5.61. The zero-order valence-electron chi connectivity index (χ0n) is 15.1. The number of hydrogen-bond acceptors (Lipinski definition) is 4. The van der Waals surface area contributed by atoms with Crippen LogP contribution in [0.2, 0.25) is 0 Å². The smallest absolute Gasteiger partial charge is 0.281 e. The number of ketones is 1. The maximum absolute atomic E-state index is 12.6. The second-order valence-electron chi connectivity index (χ2n) is 6.15. The molecule has 0 saturated carbocycles. The fraction of sp³-hybridized carbons (Fsp3) is 0.0455. The van der Waals surface area contributed by atoms with Crippen molar-refractivity contribution in [2.24, 2.45) is 4.40 Å². The highest BCUT2D eigenvalue weighted by Crippen LogP contribution is 2.17. The quantitative estimate of drug-likeness (QED) is 0.280. The molecule has 0 atom stereocenters. The summed E-state index contributed by atoms with van der Waals surface area (Å²) in [5.41, 5.74) is 1.60. The lowest BCUT2D eigenvalue weighted by Crippen LogP contribution is -2.24. The van der Waals surface area contributed by atoms with Crippen molar-refractivity contribution in [3.8, 4) is 0 Å². The van der Waals surface area contributed by atoms with E-state index in [0.29, 0.717) is 5.56 Å². The standard InChI is InChI=1S/C22H17NO4S/c1-16-11-13-18(14-12-16)28(26,27)23-22(25)20-10-6-5-9-19(20)21(24)15-17-7-3-2-4-8-17/h2-15H,1H3. The van der Waals surface area contributed by atoms with Gasteiger partial charge in [0, 0.05) is 23.6 Å². The molecule has 0 bridgehead atoms. The Hall–Kier alpha value is -3.38. The third kappa shape index (κ3) is 4.47. The summed E-state index contributed by atoms with van der Waals surface area (Å²) >= 11 is 0. The molecule has 0 aliphatic heterocycles. The van der Waals surface area contributed by atoms with E-state index >= 15 is 0 Å². The zero-order chi connectivity index (χ0) is 20.1. The molecule has 0 fully saturated rings. The van der Waals surface area contributed by atoms with Crippen molar-refractivity contribution in [2.45, 2.75) is 11.8 Å². The number of sulfonamides is 1. The minimum atomic E-state index is -4.17. The van der Waals surface area contributed by atoms with E-state index in [0.717, 1.165) is 5.56 Å². The first kappa shape index (κ1) is 19.4. The summed E-state index contributed by atoms with van der Waals surface area (Å²) in [7, 11) is -4.17. The van der Waals surface area contributed by atoms with E-state index in [4.69, 9.17) is 0 Å². The Labute approximate surface area is 164 Å². The molecule has 3 aromatic carbocycles. The van der Waals surface area contributed by atoms with Crippen LogP contribution in [0.5, 0.6) is 0 Å². The van der Waals surface area contributed by atoms with Gasteiger partial charge in [-0.05, 0) is 49.4 Å². The number of carbonyl (C=O) groups excluding carboxylic acids is 1. The molecule has 3 aromatic rings. The van der Waals surface area contributed by atoms with E-state index in [1.807, 2.05) is 13.0 Å². The van der Waals surface area contributed by atoms with Crippen molar-refractivity contribution < 1.29 is 18.3 Å². The fourth-order valence-electron chi connectivity index (χ4n) is 2.58. The van der Waals surface area contributed by atoms with Gasteiger partial charge in [-0.15, -0.1) is 0 Å². The van der Waals surface area contributed by atoms with Crippen LogP contribution in [0.4, 0.5) is 0 Å². The summed E-state index contributed by atoms with van der Waals surface area (Å²) in [5, 5.41) is 12.6. The molecule has 28 heavy (non-hydrogen) atoms. The number of nitrogens with zero attached hydrogens (tertiary/aromatic N) is 1. The van der Waals surface area contributed by atoms with Gasteiger partial charge in [-0.25, -0.2) is 0 Å². The summed E-state index contributed by atoms with van der Waals surface area (Å²) in [4.78, 5) is 12.5. The molecule has 3 rings (SSSR count). The van der Waals surface area contributed by atoms with Crippen LogP contribution in [0.25, 0.3) is 0 Å². The van der Waals surface area contributed by atoms with Crippen LogP contribution in [-0.4, -0.2) is 20.1 Å². The first-order valence-corrected chi connectivity index (χ1v) is 9.93. The van der Waals surface area contributed by atoms with Gasteiger partial charge in [0.15, 0.2) is 0 Å². The first-order chi connectivity index (χ1) is 13.4. The van der Waals surface area contributed by atoms with Gasteiger partial charge in [-0.2, -0.15) is 12.8 Å². The van der Waals surface area contributed by atoms with Gasteiger partial charge in [0.1, 0.15) is 0 Å². The molecule has 0 radical (unpaired) electrons. The summed E-state index contributed by atoms with van der Waals surface area (Å²) < 4.78 is 28.2.